The number of aliphatic hydroxyl groups is 1. The number of nitrogens with one attached hydrogen (secondary N) is 1. The number of hydrogen-bond donors (Lipinski definition) is 4. The van der Waals surface area contributed by atoms with E-state index in [4.69, 9.17) is 16.6 Å². The third-order valence-corrected chi connectivity index (χ3v) is 2.53. The van der Waals surface area contributed by atoms with Crippen LogP contribution in [0.5, 0.6) is 0 Å². The van der Waals surface area contributed by atoms with Gasteiger partial charge in [0.25, 0.3) is 0 Å². The van der Waals surface area contributed by atoms with Crippen LogP contribution in [0.3, 0.4) is 0 Å². The Morgan fingerprint density at radius 2 is 2.07 bits per heavy atom. The molecule has 0 bridgehead atoms. The van der Waals surface area contributed by atoms with Crippen LogP contribution in [-0.2, 0) is 9.59 Å². The fourth-order valence-electron chi connectivity index (χ4n) is 1.55. The van der Waals surface area contributed by atoms with E-state index >= 15 is 0 Å². The topological polar surface area (TPSA) is 118 Å². The Morgan fingerprint density at radius 1 is 1.47 bits per heavy atom. The Balaban J connectivity index is 2.15. The first-order valence-electron chi connectivity index (χ1n) is 4.98. The van der Waals surface area contributed by atoms with E-state index in [0.29, 0.717) is 25.3 Å². The number of carbonyl (C=O) groups excluding carboxylic acids is 2. The van der Waals surface area contributed by atoms with Gasteiger partial charge in [0.1, 0.15) is 0 Å². The van der Waals surface area contributed by atoms with Gasteiger partial charge in [-0.15, -0.1) is 0 Å². The summed E-state index contributed by atoms with van der Waals surface area (Å²) in [5.41, 5.74) is 10.3. The quantitative estimate of drug-likeness (QED) is 0.427. The van der Waals surface area contributed by atoms with E-state index in [9.17, 15) is 9.59 Å². The lowest BCUT2D eigenvalue weighted by molar-refractivity contribution is -0.126. The fourth-order valence-corrected chi connectivity index (χ4v) is 1.55. The van der Waals surface area contributed by atoms with Crippen molar-refractivity contribution in [2.45, 2.75) is 31.4 Å². The smallest absolute Gasteiger partial charge is 0.237 e. The first-order chi connectivity index (χ1) is 6.99. The minimum Gasteiger partial charge on any atom is -0.393 e. The van der Waals surface area contributed by atoms with E-state index in [1.54, 1.807) is 0 Å². The SMILES string of the molecule is NC(=O)CC(N)C(=O)NCC1CC(O)C1. The number of rotatable bonds is 5. The number of amides is 2. The van der Waals surface area contributed by atoms with Gasteiger partial charge < -0.3 is 21.9 Å². The average Bonchev–Trinajstić information content (AvgIpc) is 2.08. The summed E-state index contributed by atoms with van der Waals surface area (Å²) in [6.45, 7) is 0.502. The minimum atomic E-state index is -0.868. The Bertz CT molecular complexity index is 251. The van der Waals surface area contributed by atoms with Crippen LogP contribution in [0.25, 0.3) is 0 Å². The standard InChI is InChI=1S/C9H17N3O3/c10-7(3-8(11)14)9(15)12-4-5-1-6(13)2-5/h5-7,13H,1-4,10H2,(H2,11,14)(H,12,15). The van der Waals surface area contributed by atoms with Crippen LogP contribution in [0.4, 0.5) is 0 Å². The molecule has 0 aromatic rings. The van der Waals surface area contributed by atoms with Crippen molar-refractivity contribution >= 4 is 11.8 Å². The van der Waals surface area contributed by atoms with E-state index < -0.39 is 11.9 Å². The molecule has 1 aliphatic carbocycles. The van der Waals surface area contributed by atoms with Gasteiger partial charge in [0.2, 0.25) is 11.8 Å². The summed E-state index contributed by atoms with van der Waals surface area (Å²) in [6.07, 6.45) is 1.06. The monoisotopic (exact) mass is 215 g/mol. The maximum atomic E-state index is 11.3. The second-order valence-corrected chi connectivity index (χ2v) is 4.01. The van der Waals surface area contributed by atoms with Gasteiger partial charge in [0.15, 0.2) is 0 Å². The van der Waals surface area contributed by atoms with Gasteiger partial charge >= 0.3 is 0 Å². The van der Waals surface area contributed by atoms with Crippen LogP contribution in [0.15, 0.2) is 0 Å². The highest BCUT2D eigenvalue weighted by Crippen LogP contribution is 2.25. The van der Waals surface area contributed by atoms with Crippen LogP contribution in [0.2, 0.25) is 0 Å². The van der Waals surface area contributed by atoms with Gasteiger partial charge in [-0.05, 0) is 18.8 Å². The summed E-state index contributed by atoms with van der Waals surface area (Å²) in [5.74, 6) is -0.628. The summed E-state index contributed by atoms with van der Waals surface area (Å²) < 4.78 is 0. The summed E-state index contributed by atoms with van der Waals surface area (Å²) in [7, 11) is 0. The molecule has 1 unspecified atom stereocenters. The average molecular weight is 215 g/mol. The van der Waals surface area contributed by atoms with Crippen LogP contribution in [0.1, 0.15) is 19.3 Å². The first-order valence-corrected chi connectivity index (χ1v) is 4.98. The lowest BCUT2D eigenvalue weighted by Gasteiger charge is -2.31. The van der Waals surface area contributed by atoms with Gasteiger partial charge in [-0.25, -0.2) is 0 Å². The molecule has 86 valence electrons. The highest BCUT2D eigenvalue weighted by Gasteiger charge is 2.27. The van der Waals surface area contributed by atoms with E-state index in [2.05, 4.69) is 5.32 Å². The van der Waals surface area contributed by atoms with E-state index in [0.717, 1.165) is 0 Å². The largest absolute Gasteiger partial charge is 0.393 e. The van der Waals surface area contributed by atoms with Crippen molar-refractivity contribution in [2.75, 3.05) is 6.54 Å². The van der Waals surface area contributed by atoms with Crippen LogP contribution in [0, 0.1) is 5.92 Å². The molecule has 6 N–H and O–H groups in total. The Hall–Kier alpha value is -1.14. The van der Waals surface area contributed by atoms with Gasteiger partial charge in [-0.1, -0.05) is 0 Å². The van der Waals surface area contributed by atoms with Crippen LogP contribution in [-0.4, -0.2) is 35.6 Å². The molecule has 15 heavy (non-hydrogen) atoms. The molecule has 1 rings (SSSR count). The molecule has 1 fully saturated rings. The molecule has 6 heteroatoms. The third-order valence-electron chi connectivity index (χ3n) is 2.53. The highest BCUT2D eigenvalue weighted by atomic mass is 16.3. The lowest BCUT2D eigenvalue weighted by Crippen LogP contribution is -2.46. The molecule has 0 aromatic carbocycles. The summed E-state index contributed by atoms with van der Waals surface area (Å²) >= 11 is 0. The molecule has 2 amide bonds. The van der Waals surface area contributed by atoms with E-state index in [1.807, 2.05) is 0 Å². The molecule has 1 aliphatic rings. The molecule has 0 aromatic heterocycles. The normalized spacial score (nSPS) is 26.5. The zero-order chi connectivity index (χ0) is 11.4. The maximum Gasteiger partial charge on any atom is 0.237 e. The number of primary amides is 1. The third kappa shape index (κ3) is 3.85. The molecule has 0 radical (unpaired) electrons. The molecule has 1 atom stereocenters. The molecule has 0 heterocycles. The lowest BCUT2D eigenvalue weighted by atomic mass is 9.82. The second-order valence-electron chi connectivity index (χ2n) is 4.01. The zero-order valence-corrected chi connectivity index (χ0v) is 8.48. The molecule has 1 saturated carbocycles. The highest BCUT2D eigenvalue weighted by molar-refractivity contribution is 5.87. The molecular weight excluding hydrogens is 198 g/mol. The van der Waals surface area contributed by atoms with Gasteiger partial charge in [0, 0.05) is 6.54 Å². The summed E-state index contributed by atoms with van der Waals surface area (Å²) in [5, 5.41) is 11.6. The van der Waals surface area contributed by atoms with Crippen molar-refractivity contribution in [2.24, 2.45) is 17.4 Å². The van der Waals surface area contributed by atoms with Gasteiger partial charge in [-0.3, -0.25) is 9.59 Å². The molecular formula is C9H17N3O3. The minimum absolute atomic E-state index is 0.140. The fraction of sp³-hybridized carbons (Fsp3) is 0.778. The molecule has 0 aliphatic heterocycles. The summed E-state index contributed by atoms with van der Waals surface area (Å²) in [6, 6.07) is -0.868. The van der Waals surface area contributed by atoms with E-state index in [1.165, 1.54) is 0 Å². The first kappa shape index (κ1) is 11.9. The Morgan fingerprint density at radius 3 is 2.53 bits per heavy atom. The predicted octanol–water partition coefficient (Wildman–Crippen LogP) is -1.92. The number of nitrogens with two attached hydrogens (primary N) is 2. The maximum absolute atomic E-state index is 11.3. The van der Waals surface area contributed by atoms with Gasteiger partial charge in [0.05, 0.1) is 18.6 Å². The number of carbonyl (C=O) groups is 2. The van der Waals surface area contributed by atoms with Crippen molar-refractivity contribution in [3.05, 3.63) is 0 Å². The van der Waals surface area contributed by atoms with Gasteiger partial charge in [-0.2, -0.15) is 0 Å². The van der Waals surface area contributed by atoms with Crippen molar-refractivity contribution in [1.29, 1.82) is 0 Å². The van der Waals surface area contributed by atoms with Crippen molar-refractivity contribution in [3.63, 3.8) is 0 Å². The van der Waals surface area contributed by atoms with Crippen molar-refractivity contribution in [3.8, 4) is 0 Å². The van der Waals surface area contributed by atoms with Crippen molar-refractivity contribution in [1.82, 2.24) is 5.32 Å². The Kier molecular flexibility index (Phi) is 4.05. The molecule has 0 saturated heterocycles. The van der Waals surface area contributed by atoms with Crippen LogP contribution >= 0.6 is 0 Å². The molecule has 6 nitrogen and oxygen atoms in total. The second kappa shape index (κ2) is 5.09. The number of aliphatic hydroxyl groups excluding tert-OH is 1. The zero-order valence-electron chi connectivity index (χ0n) is 8.48. The predicted molar refractivity (Wildman–Crippen MR) is 53.5 cm³/mol. The Labute approximate surface area is 88.0 Å². The van der Waals surface area contributed by atoms with Crippen LogP contribution < -0.4 is 16.8 Å². The van der Waals surface area contributed by atoms with E-state index in [-0.39, 0.29) is 18.4 Å². The number of hydrogen-bond acceptors (Lipinski definition) is 4. The summed E-state index contributed by atoms with van der Waals surface area (Å²) in [4.78, 5) is 21.8. The molecule has 0 spiro atoms. The van der Waals surface area contributed by atoms with Crippen molar-refractivity contribution < 1.29 is 14.7 Å².